The summed E-state index contributed by atoms with van der Waals surface area (Å²) in [6, 6.07) is 13.5. The first kappa shape index (κ1) is 16.2. The molecule has 0 aliphatic rings. The van der Waals surface area contributed by atoms with Gasteiger partial charge in [0.05, 0.1) is 6.21 Å². The van der Waals surface area contributed by atoms with Crippen LogP contribution in [0.25, 0.3) is 0 Å². The minimum atomic E-state index is -0.236. The average molecular weight is 361 g/mol. The lowest BCUT2D eigenvalue weighted by Gasteiger charge is -2.08. The van der Waals surface area contributed by atoms with Gasteiger partial charge in [-0.1, -0.05) is 50.9 Å². The number of amides is 1. The number of nitrogens with one attached hydrogen (secondary N) is 1. The molecule has 0 aromatic heterocycles. The van der Waals surface area contributed by atoms with Crippen molar-refractivity contribution in [1.82, 2.24) is 0 Å². The topological polar surface area (TPSA) is 50.7 Å². The highest BCUT2D eigenvalue weighted by atomic mass is 79.9. The van der Waals surface area contributed by atoms with E-state index in [1.165, 1.54) is 0 Å². The van der Waals surface area contributed by atoms with Crippen molar-refractivity contribution in [3.05, 3.63) is 63.6 Å². The maximum absolute atomic E-state index is 11.8. The fourth-order valence-electron chi connectivity index (χ4n) is 1.88. The molecule has 22 heavy (non-hydrogen) atoms. The largest absolute Gasteiger partial charge is 0.386 e. The number of rotatable bonds is 5. The van der Waals surface area contributed by atoms with Gasteiger partial charge in [-0.15, -0.1) is 0 Å². The number of anilines is 1. The van der Waals surface area contributed by atoms with E-state index < -0.39 is 0 Å². The smallest absolute Gasteiger partial charge is 0.265 e. The summed E-state index contributed by atoms with van der Waals surface area (Å²) in [4.78, 5) is 16.8. The fourth-order valence-corrected chi connectivity index (χ4v) is 2.15. The van der Waals surface area contributed by atoms with Crippen molar-refractivity contribution >= 4 is 33.7 Å². The Morgan fingerprint density at radius 3 is 2.64 bits per heavy atom. The van der Waals surface area contributed by atoms with Gasteiger partial charge in [-0.3, -0.25) is 4.79 Å². The zero-order valence-electron chi connectivity index (χ0n) is 12.5. The van der Waals surface area contributed by atoms with Gasteiger partial charge in [0.1, 0.15) is 0 Å². The molecule has 114 valence electrons. The number of carbonyl (C=O) groups is 1. The minimum Gasteiger partial charge on any atom is -0.386 e. The molecule has 2 aromatic rings. The third-order valence-corrected chi connectivity index (χ3v) is 3.53. The molecule has 4 nitrogen and oxygen atoms in total. The maximum atomic E-state index is 11.8. The second-order valence-electron chi connectivity index (χ2n) is 4.93. The third-order valence-electron chi connectivity index (χ3n) is 3.00. The molecule has 0 atom stereocenters. The number of halogens is 1. The van der Waals surface area contributed by atoms with Crippen LogP contribution in [-0.4, -0.2) is 18.7 Å². The number of hydrogen-bond donors (Lipinski definition) is 1. The van der Waals surface area contributed by atoms with E-state index >= 15 is 0 Å². The van der Waals surface area contributed by atoms with E-state index in [2.05, 4.69) is 26.4 Å². The molecule has 0 radical (unpaired) electrons. The highest BCUT2D eigenvalue weighted by Gasteiger charge is 2.05. The molecule has 0 saturated carbocycles. The molecule has 0 heterocycles. The quantitative estimate of drug-likeness (QED) is 0.645. The number of nitrogens with zero attached hydrogens (tertiary/aromatic N) is 1. The van der Waals surface area contributed by atoms with Gasteiger partial charge >= 0.3 is 0 Å². The first-order valence-corrected chi connectivity index (χ1v) is 7.62. The molecule has 1 N–H and O–H groups in total. The molecule has 1 amide bonds. The zero-order chi connectivity index (χ0) is 15.9. The van der Waals surface area contributed by atoms with E-state index in [9.17, 15) is 4.79 Å². The van der Waals surface area contributed by atoms with E-state index in [4.69, 9.17) is 4.84 Å². The highest BCUT2D eigenvalue weighted by molar-refractivity contribution is 9.10. The molecular weight excluding hydrogens is 344 g/mol. The van der Waals surface area contributed by atoms with Crippen molar-refractivity contribution in [1.29, 1.82) is 0 Å². The standard InChI is InChI=1S/C17H17BrN2O2/c1-12-3-8-16(13(2)9-12)20-17(21)11-22-19-10-14-4-6-15(18)7-5-14/h3-10H,11H2,1-2H3,(H,20,21)/b19-10-. The molecule has 0 unspecified atom stereocenters. The van der Waals surface area contributed by atoms with Gasteiger partial charge in [-0.05, 0) is 43.2 Å². The molecule has 0 saturated heterocycles. The molecular formula is C17H17BrN2O2. The second kappa shape index (κ2) is 7.75. The average Bonchev–Trinajstić information content (AvgIpc) is 2.48. The van der Waals surface area contributed by atoms with E-state index in [1.54, 1.807) is 6.21 Å². The number of carbonyl (C=O) groups excluding carboxylic acids is 1. The van der Waals surface area contributed by atoms with Crippen molar-refractivity contribution < 1.29 is 9.63 Å². The van der Waals surface area contributed by atoms with E-state index in [-0.39, 0.29) is 12.5 Å². The molecule has 0 fully saturated rings. The summed E-state index contributed by atoms with van der Waals surface area (Å²) in [6.45, 7) is 3.84. The normalized spacial score (nSPS) is 10.7. The first-order chi connectivity index (χ1) is 10.5. The fraction of sp³-hybridized carbons (Fsp3) is 0.176. The van der Waals surface area contributed by atoms with Crippen LogP contribution in [0.2, 0.25) is 0 Å². The number of hydrogen-bond acceptors (Lipinski definition) is 3. The second-order valence-corrected chi connectivity index (χ2v) is 5.84. The van der Waals surface area contributed by atoms with E-state index in [0.717, 1.165) is 26.9 Å². The minimum absolute atomic E-state index is 0.125. The summed E-state index contributed by atoms with van der Waals surface area (Å²) in [5, 5.41) is 6.59. The summed E-state index contributed by atoms with van der Waals surface area (Å²) >= 11 is 3.36. The van der Waals surface area contributed by atoms with Gasteiger partial charge in [0.2, 0.25) is 0 Å². The molecule has 2 aromatic carbocycles. The summed E-state index contributed by atoms with van der Waals surface area (Å²) in [6.07, 6.45) is 1.57. The molecule has 0 aliphatic heterocycles. The maximum Gasteiger partial charge on any atom is 0.265 e. The highest BCUT2D eigenvalue weighted by Crippen LogP contribution is 2.15. The Kier molecular flexibility index (Phi) is 5.72. The van der Waals surface area contributed by atoms with Gasteiger partial charge in [-0.2, -0.15) is 0 Å². The number of oxime groups is 1. The van der Waals surface area contributed by atoms with E-state index in [1.807, 2.05) is 56.3 Å². The zero-order valence-corrected chi connectivity index (χ0v) is 14.1. The van der Waals surface area contributed by atoms with Gasteiger partial charge < -0.3 is 10.2 Å². The van der Waals surface area contributed by atoms with Crippen molar-refractivity contribution in [2.24, 2.45) is 5.16 Å². The van der Waals surface area contributed by atoms with Crippen molar-refractivity contribution in [2.75, 3.05) is 11.9 Å². The van der Waals surface area contributed by atoms with Crippen LogP contribution in [0.15, 0.2) is 52.1 Å². The predicted octanol–water partition coefficient (Wildman–Crippen LogP) is 4.06. The Labute approximate surface area is 138 Å². The van der Waals surface area contributed by atoms with Crippen LogP contribution in [0.1, 0.15) is 16.7 Å². The lowest BCUT2D eigenvalue weighted by Crippen LogP contribution is -2.17. The lowest BCUT2D eigenvalue weighted by molar-refractivity contribution is -0.120. The van der Waals surface area contributed by atoms with Crippen LogP contribution in [0.5, 0.6) is 0 Å². The summed E-state index contributed by atoms with van der Waals surface area (Å²) < 4.78 is 0.999. The van der Waals surface area contributed by atoms with Crippen molar-refractivity contribution in [2.45, 2.75) is 13.8 Å². The Morgan fingerprint density at radius 1 is 1.23 bits per heavy atom. The first-order valence-electron chi connectivity index (χ1n) is 6.82. The van der Waals surface area contributed by atoms with Gasteiger partial charge in [-0.25, -0.2) is 0 Å². The predicted molar refractivity (Wildman–Crippen MR) is 92.2 cm³/mol. The summed E-state index contributed by atoms with van der Waals surface area (Å²) in [7, 11) is 0. The Hall–Kier alpha value is -2.14. The summed E-state index contributed by atoms with van der Waals surface area (Å²) in [5.74, 6) is -0.236. The van der Waals surface area contributed by atoms with Crippen molar-refractivity contribution in [3.8, 4) is 0 Å². The van der Waals surface area contributed by atoms with Crippen LogP contribution in [0.4, 0.5) is 5.69 Å². The van der Waals surface area contributed by atoms with Crippen LogP contribution >= 0.6 is 15.9 Å². The Balaban J connectivity index is 1.81. The van der Waals surface area contributed by atoms with Gasteiger partial charge in [0.25, 0.3) is 5.91 Å². The number of aryl methyl sites for hydroxylation is 2. The molecule has 0 aliphatic carbocycles. The van der Waals surface area contributed by atoms with E-state index in [0.29, 0.717) is 0 Å². The van der Waals surface area contributed by atoms with Crippen LogP contribution < -0.4 is 5.32 Å². The Morgan fingerprint density at radius 2 is 1.95 bits per heavy atom. The number of benzene rings is 2. The molecule has 2 rings (SSSR count). The van der Waals surface area contributed by atoms with Crippen molar-refractivity contribution in [3.63, 3.8) is 0 Å². The van der Waals surface area contributed by atoms with Crippen LogP contribution in [0, 0.1) is 13.8 Å². The Bertz CT molecular complexity index is 682. The van der Waals surface area contributed by atoms with Crippen LogP contribution in [0.3, 0.4) is 0 Å². The SMILES string of the molecule is Cc1ccc(NC(=O)CO/N=C\c2ccc(Br)cc2)c(C)c1. The molecule has 0 bridgehead atoms. The van der Waals surface area contributed by atoms with Crippen LogP contribution in [-0.2, 0) is 9.63 Å². The molecule has 5 heteroatoms. The van der Waals surface area contributed by atoms with Gasteiger partial charge in [0, 0.05) is 10.2 Å². The third kappa shape index (κ3) is 5.00. The summed E-state index contributed by atoms with van der Waals surface area (Å²) in [5.41, 5.74) is 3.87. The van der Waals surface area contributed by atoms with Gasteiger partial charge in [0.15, 0.2) is 6.61 Å². The monoisotopic (exact) mass is 360 g/mol. The molecule has 0 spiro atoms. The lowest BCUT2D eigenvalue weighted by atomic mass is 10.1.